The molecule has 2 nitrogen and oxygen atoms in total. The van der Waals surface area contributed by atoms with Gasteiger partial charge in [0, 0.05) is 5.69 Å². The Morgan fingerprint density at radius 3 is 2.50 bits per heavy atom. The third kappa shape index (κ3) is 2.51. The molecule has 0 saturated carbocycles. The molecular formula is C9H11NOS. The van der Waals surface area contributed by atoms with Gasteiger partial charge in [0.05, 0.1) is 6.54 Å². The van der Waals surface area contributed by atoms with Crippen LogP contribution < -0.4 is 4.31 Å². The predicted molar refractivity (Wildman–Crippen MR) is 54.5 cm³/mol. The summed E-state index contributed by atoms with van der Waals surface area (Å²) < 4.78 is 1.63. The number of benzene rings is 1. The van der Waals surface area contributed by atoms with E-state index in [1.807, 2.05) is 30.3 Å². The van der Waals surface area contributed by atoms with Gasteiger partial charge in [0.25, 0.3) is 0 Å². The van der Waals surface area contributed by atoms with Gasteiger partial charge in [-0.2, -0.15) is 0 Å². The molecule has 1 aromatic carbocycles. The van der Waals surface area contributed by atoms with E-state index in [1.165, 1.54) is 0 Å². The number of hydrogen-bond donors (Lipinski definition) is 2. The highest BCUT2D eigenvalue weighted by Gasteiger charge is 2.00. The van der Waals surface area contributed by atoms with E-state index < -0.39 is 0 Å². The number of para-hydroxylation sites is 1. The lowest BCUT2D eigenvalue weighted by atomic mass is 10.3. The summed E-state index contributed by atoms with van der Waals surface area (Å²) in [4.78, 5) is 0. The molecule has 0 unspecified atom stereocenters. The van der Waals surface area contributed by atoms with E-state index >= 15 is 0 Å². The smallest absolute Gasteiger partial charge is 0.105 e. The second kappa shape index (κ2) is 4.07. The molecule has 0 aliphatic carbocycles. The first-order chi connectivity index (χ1) is 5.70. The van der Waals surface area contributed by atoms with Crippen LogP contribution in [0.4, 0.5) is 5.69 Å². The van der Waals surface area contributed by atoms with E-state index in [0.717, 1.165) is 5.69 Å². The largest absolute Gasteiger partial charge is 0.511 e. The van der Waals surface area contributed by atoms with Gasteiger partial charge in [-0.3, -0.25) is 0 Å². The first-order valence-electron chi connectivity index (χ1n) is 3.58. The van der Waals surface area contributed by atoms with Crippen LogP contribution in [-0.4, -0.2) is 11.7 Å². The zero-order valence-corrected chi connectivity index (χ0v) is 7.54. The lowest BCUT2D eigenvalue weighted by Crippen LogP contribution is -2.13. The summed E-state index contributed by atoms with van der Waals surface area (Å²) in [5, 5.41) is 8.90. The van der Waals surface area contributed by atoms with E-state index in [2.05, 4.69) is 19.4 Å². The van der Waals surface area contributed by atoms with Gasteiger partial charge in [0.15, 0.2) is 0 Å². The Morgan fingerprint density at radius 2 is 2.00 bits per heavy atom. The molecule has 12 heavy (non-hydrogen) atoms. The molecule has 0 amide bonds. The molecule has 1 aromatic rings. The molecule has 0 aliphatic heterocycles. The van der Waals surface area contributed by atoms with Crippen molar-refractivity contribution in [2.75, 3.05) is 10.8 Å². The van der Waals surface area contributed by atoms with Crippen molar-refractivity contribution in [3.05, 3.63) is 42.7 Å². The fourth-order valence-corrected chi connectivity index (χ4v) is 1.16. The Bertz CT molecular complexity index is 260. The summed E-state index contributed by atoms with van der Waals surface area (Å²) >= 11 is 4.17. The van der Waals surface area contributed by atoms with Gasteiger partial charge in [-0.15, -0.1) is 0 Å². The molecule has 1 rings (SSSR count). The van der Waals surface area contributed by atoms with Crippen LogP contribution in [0.15, 0.2) is 42.7 Å². The molecule has 0 aliphatic rings. The topological polar surface area (TPSA) is 23.5 Å². The van der Waals surface area contributed by atoms with E-state index in [-0.39, 0.29) is 5.76 Å². The number of hydrogen-bond acceptors (Lipinski definition) is 3. The van der Waals surface area contributed by atoms with E-state index in [1.54, 1.807) is 4.31 Å². The molecule has 0 radical (unpaired) electrons. The monoisotopic (exact) mass is 181 g/mol. The van der Waals surface area contributed by atoms with Crippen LogP contribution in [0.5, 0.6) is 0 Å². The fourth-order valence-electron chi connectivity index (χ4n) is 0.864. The van der Waals surface area contributed by atoms with Crippen LogP contribution in [0, 0.1) is 0 Å². The van der Waals surface area contributed by atoms with E-state index in [0.29, 0.717) is 6.54 Å². The molecule has 0 aromatic heterocycles. The first kappa shape index (κ1) is 9.00. The summed E-state index contributed by atoms with van der Waals surface area (Å²) in [5.74, 6) is 0.105. The van der Waals surface area contributed by atoms with Gasteiger partial charge in [-0.1, -0.05) is 37.6 Å². The highest BCUT2D eigenvalue weighted by atomic mass is 32.1. The normalized spacial score (nSPS) is 9.42. The van der Waals surface area contributed by atoms with Crippen LogP contribution in [0.2, 0.25) is 0 Å². The first-order valence-corrected chi connectivity index (χ1v) is 3.98. The molecule has 3 heteroatoms. The second-order valence-electron chi connectivity index (χ2n) is 2.46. The Kier molecular flexibility index (Phi) is 3.05. The highest BCUT2D eigenvalue weighted by molar-refractivity contribution is 7.81. The van der Waals surface area contributed by atoms with E-state index in [4.69, 9.17) is 5.11 Å². The van der Waals surface area contributed by atoms with Gasteiger partial charge in [0.2, 0.25) is 0 Å². The van der Waals surface area contributed by atoms with Crippen LogP contribution >= 0.6 is 12.8 Å². The lowest BCUT2D eigenvalue weighted by molar-refractivity contribution is 0.408. The second-order valence-corrected chi connectivity index (χ2v) is 2.94. The molecule has 0 spiro atoms. The minimum atomic E-state index is 0.105. The summed E-state index contributed by atoms with van der Waals surface area (Å²) in [6.07, 6.45) is 0. The van der Waals surface area contributed by atoms with Crippen molar-refractivity contribution in [1.29, 1.82) is 0 Å². The van der Waals surface area contributed by atoms with Crippen molar-refractivity contribution in [3.63, 3.8) is 0 Å². The van der Waals surface area contributed by atoms with Crippen molar-refractivity contribution < 1.29 is 5.11 Å². The third-order valence-electron chi connectivity index (χ3n) is 1.39. The van der Waals surface area contributed by atoms with Gasteiger partial charge in [-0.05, 0) is 12.1 Å². The van der Waals surface area contributed by atoms with Gasteiger partial charge in [-0.25, -0.2) is 0 Å². The number of aliphatic hydroxyl groups excluding tert-OH is 1. The van der Waals surface area contributed by atoms with Crippen molar-refractivity contribution in [3.8, 4) is 0 Å². The summed E-state index contributed by atoms with van der Waals surface area (Å²) in [6, 6.07) is 9.59. The molecule has 0 bridgehead atoms. The maximum Gasteiger partial charge on any atom is 0.105 e. The SMILES string of the molecule is C=C(O)CN(S)c1ccccc1. The number of rotatable bonds is 3. The Morgan fingerprint density at radius 1 is 1.42 bits per heavy atom. The number of nitrogens with zero attached hydrogens (tertiary/aromatic N) is 1. The van der Waals surface area contributed by atoms with Gasteiger partial charge < -0.3 is 9.41 Å². The van der Waals surface area contributed by atoms with E-state index in [9.17, 15) is 0 Å². The maximum atomic E-state index is 8.90. The van der Waals surface area contributed by atoms with Crippen LogP contribution in [-0.2, 0) is 0 Å². The molecule has 0 atom stereocenters. The zero-order valence-electron chi connectivity index (χ0n) is 6.64. The molecule has 0 saturated heterocycles. The standard InChI is InChI=1S/C9H11NOS/c1-8(11)7-10(12)9-5-3-2-4-6-9/h2-6,11-12H,1,7H2. The quantitative estimate of drug-likeness (QED) is 0.552. The summed E-state index contributed by atoms with van der Waals surface area (Å²) in [7, 11) is 0. The molecule has 1 N–H and O–H groups in total. The van der Waals surface area contributed by atoms with Gasteiger partial charge >= 0.3 is 0 Å². The van der Waals surface area contributed by atoms with Crippen molar-refractivity contribution in [1.82, 2.24) is 0 Å². The molecular weight excluding hydrogens is 170 g/mol. The Labute approximate surface area is 77.7 Å². The number of anilines is 1. The average Bonchev–Trinajstić information content (AvgIpc) is 2.05. The number of thiol groups is 1. The zero-order chi connectivity index (χ0) is 8.97. The molecule has 0 fully saturated rings. The molecule has 64 valence electrons. The predicted octanol–water partition coefficient (Wildman–Crippen LogP) is 2.41. The van der Waals surface area contributed by atoms with Crippen LogP contribution in [0.3, 0.4) is 0 Å². The summed E-state index contributed by atoms with van der Waals surface area (Å²) in [6.45, 7) is 3.73. The average molecular weight is 181 g/mol. The highest BCUT2D eigenvalue weighted by Crippen LogP contribution is 2.15. The Balaban J connectivity index is 2.65. The number of aliphatic hydroxyl groups is 1. The van der Waals surface area contributed by atoms with Crippen molar-refractivity contribution in [2.45, 2.75) is 0 Å². The maximum absolute atomic E-state index is 8.90. The third-order valence-corrected chi connectivity index (χ3v) is 1.76. The fraction of sp³-hybridized carbons (Fsp3) is 0.111. The van der Waals surface area contributed by atoms with Crippen LogP contribution in [0.1, 0.15) is 0 Å². The summed E-state index contributed by atoms with van der Waals surface area (Å²) in [5.41, 5.74) is 0.941. The lowest BCUT2D eigenvalue weighted by Gasteiger charge is -2.15. The molecule has 0 heterocycles. The van der Waals surface area contributed by atoms with Crippen molar-refractivity contribution >= 4 is 18.5 Å². The Hall–Kier alpha value is -1.09. The van der Waals surface area contributed by atoms with Crippen molar-refractivity contribution in [2.24, 2.45) is 0 Å². The minimum absolute atomic E-state index is 0.105. The van der Waals surface area contributed by atoms with Gasteiger partial charge in [0.1, 0.15) is 5.76 Å². The van der Waals surface area contributed by atoms with Crippen LogP contribution in [0.25, 0.3) is 0 Å². The minimum Gasteiger partial charge on any atom is -0.511 e.